The number of likely N-dealkylation sites (N-methyl/N-ethyl adjacent to an activating group) is 1. The van der Waals surface area contributed by atoms with E-state index in [4.69, 9.17) is 0 Å². The van der Waals surface area contributed by atoms with Crippen LogP contribution in [0.25, 0.3) is 6.08 Å². The highest BCUT2D eigenvalue weighted by atomic mass is 16.2. The minimum Gasteiger partial charge on any atom is -0.368 e. The molecule has 4 nitrogen and oxygen atoms in total. The number of imide groups is 1. The molecule has 0 fully saturated rings. The number of amides is 2. The summed E-state index contributed by atoms with van der Waals surface area (Å²) in [5.74, 6) is -0.427. The van der Waals surface area contributed by atoms with Crippen molar-refractivity contribution in [1.29, 1.82) is 0 Å². The second-order valence-electron chi connectivity index (χ2n) is 6.35. The van der Waals surface area contributed by atoms with Crippen molar-refractivity contribution in [3.8, 4) is 0 Å². The van der Waals surface area contributed by atoms with Crippen LogP contribution in [0.5, 0.6) is 0 Å². The van der Waals surface area contributed by atoms with E-state index in [1.165, 1.54) is 4.90 Å². The number of rotatable bonds is 2. The molecule has 2 amide bonds. The van der Waals surface area contributed by atoms with E-state index in [0.29, 0.717) is 23.7 Å². The second kappa shape index (κ2) is 5.34. The lowest BCUT2D eigenvalue weighted by atomic mass is 10.0. The summed E-state index contributed by atoms with van der Waals surface area (Å²) in [6.45, 7) is 2.44. The molecule has 2 aromatic rings. The molecule has 0 spiro atoms. The van der Waals surface area contributed by atoms with Crippen molar-refractivity contribution in [2.75, 3.05) is 11.9 Å². The number of benzene rings is 2. The Hall–Kier alpha value is -2.88. The van der Waals surface area contributed by atoms with Crippen LogP contribution in [-0.4, -0.2) is 29.8 Å². The SMILES string of the molecule is C[C@@H]1C=Cc2cc(CN3C(=O)c4ccccc4C3=O)ccc2N1C. The van der Waals surface area contributed by atoms with E-state index in [0.717, 1.165) is 16.8 Å². The predicted molar refractivity (Wildman–Crippen MR) is 94.0 cm³/mol. The Morgan fingerprint density at radius 1 is 1.00 bits per heavy atom. The molecular formula is C20H18N2O2. The minimum atomic E-state index is -0.213. The van der Waals surface area contributed by atoms with Gasteiger partial charge in [0.25, 0.3) is 11.8 Å². The zero-order valence-electron chi connectivity index (χ0n) is 13.7. The van der Waals surface area contributed by atoms with E-state index in [2.05, 4.69) is 43.2 Å². The summed E-state index contributed by atoms with van der Waals surface area (Å²) in [5.41, 5.74) is 4.22. The topological polar surface area (TPSA) is 40.6 Å². The zero-order chi connectivity index (χ0) is 16.8. The van der Waals surface area contributed by atoms with Gasteiger partial charge in [-0.05, 0) is 42.3 Å². The fraction of sp³-hybridized carbons (Fsp3) is 0.200. The Morgan fingerprint density at radius 2 is 1.67 bits per heavy atom. The van der Waals surface area contributed by atoms with Crippen LogP contribution in [0.2, 0.25) is 0 Å². The summed E-state index contributed by atoms with van der Waals surface area (Å²) >= 11 is 0. The van der Waals surface area contributed by atoms with E-state index in [1.807, 2.05) is 6.07 Å². The molecule has 0 aliphatic carbocycles. The summed E-state index contributed by atoms with van der Waals surface area (Å²) in [4.78, 5) is 28.5. The summed E-state index contributed by atoms with van der Waals surface area (Å²) in [6, 6.07) is 13.5. The predicted octanol–water partition coefficient (Wildman–Crippen LogP) is 3.33. The van der Waals surface area contributed by atoms with Crippen molar-refractivity contribution in [3.63, 3.8) is 0 Å². The molecule has 4 rings (SSSR count). The first-order chi connectivity index (χ1) is 11.6. The summed E-state index contributed by atoms with van der Waals surface area (Å²) in [7, 11) is 2.07. The molecule has 1 atom stereocenters. The average Bonchev–Trinajstić information content (AvgIpc) is 2.84. The average molecular weight is 318 g/mol. The van der Waals surface area contributed by atoms with Gasteiger partial charge in [-0.1, -0.05) is 30.4 Å². The first-order valence-corrected chi connectivity index (χ1v) is 8.05. The molecule has 2 aliphatic heterocycles. The van der Waals surface area contributed by atoms with Crippen LogP contribution in [0, 0.1) is 0 Å². The van der Waals surface area contributed by atoms with Crippen LogP contribution in [0.15, 0.2) is 48.5 Å². The molecule has 4 heteroatoms. The lowest BCUT2D eigenvalue weighted by molar-refractivity contribution is 0.0642. The van der Waals surface area contributed by atoms with Crippen molar-refractivity contribution in [1.82, 2.24) is 4.90 Å². The van der Waals surface area contributed by atoms with E-state index in [9.17, 15) is 9.59 Å². The molecule has 2 aliphatic rings. The summed E-state index contributed by atoms with van der Waals surface area (Å²) < 4.78 is 0. The van der Waals surface area contributed by atoms with Crippen LogP contribution >= 0.6 is 0 Å². The van der Waals surface area contributed by atoms with Gasteiger partial charge >= 0.3 is 0 Å². The molecular weight excluding hydrogens is 300 g/mol. The van der Waals surface area contributed by atoms with Gasteiger partial charge in [0.1, 0.15) is 0 Å². The maximum atomic E-state index is 12.5. The lowest BCUT2D eigenvalue weighted by Crippen LogP contribution is -2.30. The molecule has 0 bridgehead atoms. The van der Waals surface area contributed by atoms with E-state index in [-0.39, 0.29) is 11.8 Å². The minimum absolute atomic E-state index is 0.213. The number of hydrogen-bond acceptors (Lipinski definition) is 3. The second-order valence-corrected chi connectivity index (χ2v) is 6.35. The van der Waals surface area contributed by atoms with Gasteiger partial charge in [0.05, 0.1) is 17.7 Å². The fourth-order valence-electron chi connectivity index (χ4n) is 3.31. The third-order valence-electron chi connectivity index (χ3n) is 4.86. The van der Waals surface area contributed by atoms with Gasteiger partial charge in [0, 0.05) is 18.8 Å². The molecule has 2 aromatic carbocycles. The highest BCUT2D eigenvalue weighted by molar-refractivity contribution is 6.21. The molecule has 0 aromatic heterocycles. The maximum absolute atomic E-state index is 12.5. The normalized spacial score (nSPS) is 18.8. The molecule has 24 heavy (non-hydrogen) atoms. The highest BCUT2D eigenvalue weighted by Crippen LogP contribution is 2.30. The monoisotopic (exact) mass is 318 g/mol. The van der Waals surface area contributed by atoms with Crippen LogP contribution in [0.3, 0.4) is 0 Å². The first kappa shape index (κ1) is 14.7. The zero-order valence-corrected chi connectivity index (χ0v) is 13.7. The van der Waals surface area contributed by atoms with Crippen molar-refractivity contribution in [2.24, 2.45) is 0 Å². The van der Waals surface area contributed by atoms with Gasteiger partial charge in [-0.3, -0.25) is 14.5 Å². The number of carbonyl (C=O) groups is 2. The first-order valence-electron chi connectivity index (χ1n) is 8.05. The van der Waals surface area contributed by atoms with Crippen LogP contribution in [0.4, 0.5) is 5.69 Å². The van der Waals surface area contributed by atoms with Gasteiger partial charge in [0.2, 0.25) is 0 Å². The number of carbonyl (C=O) groups excluding carboxylic acids is 2. The van der Waals surface area contributed by atoms with Gasteiger partial charge in [0.15, 0.2) is 0 Å². The maximum Gasteiger partial charge on any atom is 0.261 e. The highest BCUT2D eigenvalue weighted by Gasteiger charge is 2.35. The standard InChI is InChI=1S/C20H18N2O2/c1-13-7-9-15-11-14(8-10-18(15)21(13)2)12-22-19(23)16-5-3-4-6-17(16)20(22)24/h3-11,13H,12H2,1-2H3/t13-/m1/s1. The van der Waals surface area contributed by atoms with Gasteiger partial charge in [-0.15, -0.1) is 0 Å². The van der Waals surface area contributed by atoms with Gasteiger partial charge in [-0.25, -0.2) is 0 Å². The Morgan fingerprint density at radius 3 is 2.33 bits per heavy atom. The van der Waals surface area contributed by atoms with Gasteiger partial charge < -0.3 is 4.90 Å². The number of anilines is 1. The largest absolute Gasteiger partial charge is 0.368 e. The van der Waals surface area contributed by atoms with E-state index >= 15 is 0 Å². The smallest absolute Gasteiger partial charge is 0.261 e. The van der Waals surface area contributed by atoms with E-state index < -0.39 is 0 Å². The van der Waals surface area contributed by atoms with Crippen molar-refractivity contribution in [3.05, 3.63) is 70.8 Å². The summed E-state index contributed by atoms with van der Waals surface area (Å²) in [5, 5.41) is 0. The van der Waals surface area contributed by atoms with Crippen LogP contribution in [0.1, 0.15) is 38.8 Å². The molecule has 0 radical (unpaired) electrons. The van der Waals surface area contributed by atoms with Gasteiger partial charge in [-0.2, -0.15) is 0 Å². The Bertz CT molecular complexity index is 850. The Kier molecular flexibility index (Phi) is 3.27. The third-order valence-corrected chi connectivity index (χ3v) is 4.86. The molecule has 0 saturated carbocycles. The summed E-state index contributed by atoms with van der Waals surface area (Å²) in [6.07, 6.45) is 4.25. The van der Waals surface area contributed by atoms with Crippen molar-refractivity contribution >= 4 is 23.6 Å². The number of fused-ring (bicyclic) bond motifs is 2. The van der Waals surface area contributed by atoms with Crippen molar-refractivity contribution in [2.45, 2.75) is 19.5 Å². The van der Waals surface area contributed by atoms with E-state index in [1.54, 1.807) is 24.3 Å². The third kappa shape index (κ3) is 2.14. The molecule has 0 unspecified atom stereocenters. The number of nitrogens with zero attached hydrogens (tertiary/aromatic N) is 2. The number of hydrogen-bond donors (Lipinski definition) is 0. The fourth-order valence-corrected chi connectivity index (χ4v) is 3.31. The molecule has 120 valence electrons. The lowest BCUT2D eigenvalue weighted by Gasteiger charge is -2.30. The quantitative estimate of drug-likeness (QED) is 0.798. The van der Waals surface area contributed by atoms with Crippen LogP contribution < -0.4 is 4.90 Å². The molecule has 0 saturated heterocycles. The molecule has 0 N–H and O–H groups in total. The van der Waals surface area contributed by atoms with Crippen LogP contribution in [-0.2, 0) is 6.54 Å². The van der Waals surface area contributed by atoms with Crippen molar-refractivity contribution < 1.29 is 9.59 Å². The Labute approximate surface area is 141 Å². The molecule has 2 heterocycles. The Balaban J connectivity index is 1.63.